The van der Waals surface area contributed by atoms with Gasteiger partial charge in [0.15, 0.2) is 16.7 Å². The molecule has 0 aliphatic heterocycles. The van der Waals surface area contributed by atoms with Gasteiger partial charge in [0.25, 0.3) is 10.0 Å². The van der Waals surface area contributed by atoms with Gasteiger partial charge >= 0.3 is 0 Å². The Hall–Kier alpha value is -3.74. The van der Waals surface area contributed by atoms with Crippen LogP contribution in [0.3, 0.4) is 0 Å². The molecule has 0 radical (unpaired) electrons. The molecule has 2 heterocycles. The average Bonchev–Trinajstić information content (AvgIpc) is 3.27. The minimum absolute atomic E-state index is 0.0270. The van der Waals surface area contributed by atoms with Crippen LogP contribution in [0.4, 0.5) is 17.3 Å². The summed E-state index contributed by atoms with van der Waals surface area (Å²) in [5.41, 5.74) is 2.21. The molecule has 0 aliphatic rings. The monoisotopic (exact) mass is 484 g/mol. The van der Waals surface area contributed by atoms with E-state index in [2.05, 4.69) is 25.0 Å². The normalized spacial score (nSPS) is 12.5. The average molecular weight is 485 g/mol. The third-order valence-electron chi connectivity index (χ3n) is 4.99. The van der Waals surface area contributed by atoms with E-state index in [9.17, 15) is 18.6 Å². The van der Waals surface area contributed by atoms with Gasteiger partial charge in [0.1, 0.15) is 5.75 Å². The van der Waals surface area contributed by atoms with E-state index in [-0.39, 0.29) is 23.1 Å². The number of nitrogens with one attached hydrogen (secondary N) is 2. The fourth-order valence-electron chi connectivity index (χ4n) is 3.29. The number of fused-ring (bicyclic) bond motifs is 1. The molecule has 0 fully saturated rings. The second kappa shape index (κ2) is 9.63. The van der Waals surface area contributed by atoms with Crippen LogP contribution >= 0.6 is 0 Å². The van der Waals surface area contributed by atoms with E-state index < -0.39 is 22.7 Å². The quantitative estimate of drug-likeness (QED) is 0.279. The van der Waals surface area contributed by atoms with Gasteiger partial charge in [0.05, 0.1) is 37.2 Å². The number of rotatable bonds is 9. The van der Waals surface area contributed by atoms with Crippen molar-refractivity contribution in [2.24, 2.45) is 7.05 Å². The molecule has 2 aromatic heterocycles. The SMILES string of the molecule is COc1ccc(C[C@@H](O)CO)c(Nc2nc3ccccc3nc2NS(=O)(=O)c2cn(C)cn2)c1. The van der Waals surface area contributed by atoms with Crippen LogP contribution < -0.4 is 14.8 Å². The van der Waals surface area contributed by atoms with Crippen LogP contribution in [0.2, 0.25) is 0 Å². The number of anilines is 3. The van der Waals surface area contributed by atoms with Gasteiger partial charge in [-0.25, -0.2) is 15.0 Å². The lowest BCUT2D eigenvalue weighted by Crippen LogP contribution is -2.18. The number of aromatic nitrogens is 4. The van der Waals surface area contributed by atoms with E-state index in [1.807, 2.05) is 0 Å². The molecule has 4 aromatic rings. The van der Waals surface area contributed by atoms with Crippen LogP contribution in [0.25, 0.3) is 11.0 Å². The molecule has 178 valence electrons. The zero-order valence-electron chi connectivity index (χ0n) is 18.5. The van der Waals surface area contributed by atoms with Gasteiger partial charge in [-0.1, -0.05) is 18.2 Å². The summed E-state index contributed by atoms with van der Waals surface area (Å²) in [6.45, 7) is -0.406. The molecule has 4 N–H and O–H groups in total. The van der Waals surface area contributed by atoms with Gasteiger partial charge < -0.3 is 24.8 Å². The summed E-state index contributed by atoms with van der Waals surface area (Å²) in [6, 6.07) is 12.2. The zero-order chi connectivity index (χ0) is 24.3. The number of aliphatic hydroxyl groups excluding tert-OH is 2. The minimum atomic E-state index is -4.04. The lowest BCUT2D eigenvalue weighted by molar-refractivity contribution is 0.0956. The predicted octanol–water partition coefficient (Wildman–Crippen LogP) is 1.81. The maximum atomic E-state index is 12.9. The Balaban J connectivity index is 1.79. The first kappa shape index (κ1) is 23.4. The second-order valence-corrected chi connectivity index (χ2v) is 9.21. The van der Waals surface area contributed by atoms with Crippen molar-refractivity contribution in [2.45, 2.75) is 17.6 Å². The third kappa shape index (κ3) is 5.09. The van der Waals surface area contributed by atoms with Crippen molar-refractivity contribution >= 4 is 38.4 Å². The largest absolute Gasteiger partial charge is 0.497 e. The van der Waals surface area contributed by atoms with Gasteiger partial charge in [-0.15, -0.1) is 0 Å². The van der Waals surface area contributed by atoms with E-state index in [0.29, 0.717) is 28.0 Å². The van der Waals surface area contributed by atoms with E-state index >= 15 is 0 Å². The van der Waals surface area contributed by atoms with E-state index in [0.717, 1.165) is 0 Å². The molecule has 0 amide bonds. The lowest BCUT2D eigenvalue weighted by atomic mass is 10.1. The van der Waals surface area contributed by atoms with E-state index in [1.54, 1.807) is 49.5 Å². The molecule has 2 aromatic carbocycles. The van der Waals surface area contributed by atoms with E-state index in [1.165, 1.54) is 24.2 Å². The first-order valence-electron chi connectivity index (χ1n) is 10.3. The molecule has 0 aliphatic carbocycles. The summed E-state index contributed by atoms with van der Waals surface area (Å²) in [6.07, 6.45) is 1.94. The highest BCUT2D eigenvalue weighted by Gasteiger charge is 2.22. The highest BCUT2D eigenvalue weighted by Crippen LogP contribution is 2.31. The summed E-state index contributed by atoms with van der Waals surface area (Å²) in [5, 5.41) is 22.2. The first-order valence-corrected chi connectivity index (χ1v) is 11.8. The molecule has 0 saturated carbocycles. The number of hydrogen-bond donors (Lipinski definition) is 4. The topological polar surface area (TPSA) is 151 Å². The Morgan fingerprint density at radius 3 is 2.44 bits per heavy atom. The van der Waals surface area contributed by atoms with E-state index in [4.69, 9.17) is 4.74 Å². The molecule has 0 unspecified atom stereocenters. The molecule has 0 bridgehead atoms. The smallest absolute Gasteiger partial charge is 0.282 e. The molecule has 0 saturated heterocycles. The van der Waals surface area contributed by atoms with Crippen LogP contribution in [-0.4, -0.2) is 58.0 Å². The van der Waals surface area contributed by atoms with Gasteiger partial charge in [-0.2, -0.15) is 8.42 Å². The van der Waals surface area contributed by atoms with Crippen molar-refractivity contribution in [3.05, 3.63) is 60.6 Å². The number of sulfonamides is 1. The molecule has 34 heavy (non-hydrogen) atoms. The van der Waals surface area contributed by atoms with Crippen molar-refractivity contribution in [2.75, 3.05) is 23.8 Å². The number of ether oxygens (including phenoxy) is 1. The number of imidazole rings is 1. The van der Waals surface area contributed by atoms with Crippen molar-refractivity contribution in [3.63, 3.8) is 0 Å². The summed E-state index contributed by atoms with van der Waals surface area (Å²) in [7, 11) is -0.860. The standard InChI is InChI=1S/C22H24N6O5S/c1-28-11-20(23-13-28)34(31,32)27-22-21(24-17-5-3-4-6-18(17)25-22)26-19-10-16(33-2)8-7-14(19)9-15(30)12-29/h3-8,10-11,13,15,29-30H,9,12H2,1-2H3,(H,24,26)(H,25,27)/t15-/m1/s1. The van der Waals surface area contributed by atoms with Crippen molar-refractivity contribution in [3.8, 4) is 5.75 Å². The number of hydrogen-bond acceptors (Lipinski definition) is 9. The summed E-state index contributed by atoms with van der Waals surface area (Å²) in [5.74, 6) is 0.654. The summed E-state index contributed by atoms with van der Waals surface area (Å²) in [4.78, 5) is 13.0. The lowest BCUT2D eigenvalue weighted by Gasteiger charge is -2.17. The third-order valence-corrected chi connectivity index (χ3v) is 6.22. The maximum absolute atomic E-state index is 12.9. The van der Waals surface area contributed by atoms with Crippen LogP contribution in [0.1, 0.15) is 5.56 Å². The molecule has 0 spiro atoms. The molecule has 11 nitrogen and oxygen atoms in total. The number of benzene rings is 2. The number of methoxy groups -OCH3 is 1. The van der Waals surface area contributed by atoms with Gasteiger partial charge in [-0.05, 0) is 23.8 Å². The minimum Gasteiger partial charge on any atom is -0.497 e. The Kier molecular flexibility index (Phi) is 6.63. The van der Waals surface area contributed by atoms with Crippen LogP contribution in [0.15, 0.2) is 60.0 Å². The van der Waals surface area contributed by atoms with Crippen LogP contribution in [0.5, 0.6) is 5.75 Å². The van der Waals surface area contributed by atoms with Gasteiger partial charge in [-0.3, -0.25) is 4.72 Å². The Bertz CT molecular complexity index is 1420. The number of nitrogens with zero attached hydrogens (tertiary/aromatic N) is 4. The first-order chi connectivity index (χ1) is 16.3. The van der Waals surface area contributed by atoms with Crippen molar-refractivity contribution in [1.29, 1.82) is 0 Å². The Morgan fingerprint density at radius 1 is 1.12 bits per heavy atom. The van der Waals surface area contributed by atoms with Crippen LogP contribution in [-0.2, 0) is 23.5 Å². The van der Waals surface area contributed by atoms with Gasteiger partial charge in [0.2, 0.25) is 0 Å². The molecule has 4 rings (SSSR count). The Morgan fingerprint density at radius 2 is 1.82 bits per heavy atom. The molecule has 1 atom stereocenters. The van der Waals surface area contributed by atoms with Crippen molar-refractivity contribution < 1.29 is 23.4 Å². The fourth-order valence-corrected chi connectivity index (χ4v) is 4.28. The predicted molar refractivity (Wildman–Crippen MR) is 127 cm³/mol. The second-order valence-electron chi connectivity index (χ2n) is 7.58. The zero-order valence-corrected chi connectivity index (χ0v) is 19.3. The number of aliphatic hydroxyl groups is 2. The number of para-hydroxylation sites is 2. The molecular weight excluding hydrogens is 460 g/mol. The maximum Gasteiger partial charge on any atom is 0.282 e. The Labute approximate surface area is 196 Å². The van der Waals surface area contributed by atoms with Crippen LogP contribution in [0, 0.1) is 0 Å². The summed E-state index contributed by atoms with van der Waals surface area (Å²) < 4.78 is 35.2. The molecular formula is C22H24N6O5S. The summed E-state index contributed by atoms with van der Waals surface area (Å²) >= 11 is 0. The molecule has 12 heteroatoms. The highest BCUT2D eigenvalue weighted by atomic mass is 32.2. The highest BCUT2D eigenvalue weighted by molar-refractivity contribution is 7.92. The van der Waals surface area contributed by atoms with Crippen molar-refractivity contribution in [1.82, 2.24) is 19.5 Å². The number of aryl methyl sites for hydroxylation is 1. The van der Waals surface area contributed by atoms with Gasteiger partial charge in [0, 0.05) is 31.4 Å². The fraction of sp³-hybridized carbons (Fsp3) is 0.227.